The third-order valence-electron chi connectivity index (χ3n) is 1.63. The van der Waals surface area contributed by atoms with Crippen LogP contribution in [0.1, 0.15) is 0 Å². The van der Waals surface area contributed by atoms with Crippen LogP contribution in [0.2, 0.25) is 0 Å². The number of rotatable bonds is 0. The summed E-state index contributed by atoms with van der Waals surface area (Å²) in [5, 5.41) is 0.172. The molecule has 0 unspecified atom stereocenters. The summed E-state index contributed by atoms with van der Waals surface area (Å²) in [5.74, 6) is -1.49. The fraction of sp³-hybridized carbons (Fsp3) is 0. The number of nitrogens with two attached hydrogens (primary N) is 2. The van der Waals surface area contributed by atoms with Crippen molar-refractivity contribution < 1.29 is 8.78 Å². The first-order chi connectivity index (χ1) is 6.09. The molecule has 0 radical (unpaired) electrons. The van der Waals surface area contributed by atoms with Crippen LogP contribution in [0.15, 0.2) is 6.07 Å². The minimum absolute atomic E-state index is 0.0972. The van der Waals surface area contributed by atoms with Crippen molar-refractivity contribution in [1.29, 1.82) is 0 Å². The zero-order valence-corrected chi connectivity index (χ0v) is 7.16. The van der Waals surface area contributed by atoms with Crippen LogP contribution in [0, 0.1) is 11.6 Å². The van der Waals surface area contributed by atoms with Gasteiger partial charge in [0.15, 0.2) is 10.9 Å². The number of benzene rings is 1. The summed E-state index contributed by atoms with van der Waals surface area (Å²) in [4.78, 5) is 3.73. The molecule has 13 heavy (non-hydrogen) atoms. The van der Waals surface area contributed by atoms with Gasteiger partial charge in [0.2, 0.25) is 0 Å². The quantitative estimate of drug-likeness (QED) is 0.638. The average Bonchev–Trinajstić information content (AvgIpc) is 2.44. The SMILES string of the molecule is Nc1nc2c(N)c(F)cc(F)c2s1. The van der Waals surface area contributed by atoms with Crippen LogP contribution in [-0.2, 0) is 0 Å². The molecule has 0 spiro atoms. The summed E-state index contributed by atoms with van der Waals surface area (Å²) in [5.41, 5.74) is 10.6. The third-order valence-corrected chi connectivity index (χ3v) is 2.52. The van der Waals surface area contributed by atoms with E-state index in [2.05, 4.69) is 4.98 Å². The van der Waals surface area contributed by atoms with Gasteiger partial charge in [0.25, 0.3) is 0 Å². The zero-order valence-electron chi connectivity index (χ0n) is 6.34. The highest BCUT2D eigenvalue weighted by molar-refractivity contribution is 7.22. The molecule has 4 N–H and O–H groups in total. The van der Waals surface area contributed by atoms with E-state index in [4.69, 9.17) is 11.5 Å². The molecule has 0 atom stereocenters. The van der Waals surface area contributed by atoms with E-state index in [1.54, 1.807) is 0 Å². The zero-order chi connectivity index (χ0) is 9.59. The number of thiazole rings is 1. The van der Waals surface area contributed by atoms with Gasteiger partial charge in [0, 0.05) is 6.07 Å². The van der Waals surface area contributed by atoms with E-state index in [0.717, 1.165) is 17.4 Å². The molecule has 1 aromatic heterocycles. The molecule has 0 bridgehead atoms. The topological polar surface area (TPSA) is 64.9 Å². The monoisotopic (exact) mass is 201 g/mol. The fourth-order valence-corrected chi connectivity index (χ4v) is 1.80. The van der Waals surface area contributed by atoms with Crippen molar-refractivity contribution in [2.75, 3.05) is 11.5 Å². The normalized spacial score (nSPS) is 10.9. The van der Waals surface area contributed by atoms with Gasteiger partial charge in [-0.15, -0.1) is 0 Å². The van der Waals surface area contributed by atoms with Gasteiger partial charge >= 0.3 is 0 Å². The van der Waals surface area contributed by atoms with E-state index in [9.17, 15) is 8.78 Å². The summed E-state index contributed by atoms with van der Waals surface area (Å²) in [6, 6.07) is 0.731. The van der Waals surface area contributed by atoms with Crippen molar-refractivity contribution in [3.05, 3.63) is 17.7 Å². The number of anilines is 2. The Hall–Kier alpha value is -1.43. The van der Waals surface area contributed by atoms with E-state index in [-0.39, 0.29) is 21.0 Å². The molecule has 68 valence electrons. The molecule has 2 aromatic rings. The molecule has 0 saturated heterocycles. The maximum atomic E-state index is 13.1. The first-order valence-corrected chi connectivity index (χ1v) is 4.20. The Morgan fingerprint density at radius 1 is 1.23 bits per heavy atom. The predicted molar refractivity (Wildman–Crippen MR) is 48.4 cm³/mol. The molecular formula is C7H5F2N3S. The Labute approximate surface area is 76.0 Å². The molecule has 3 nitrogen and oxygen atoms in total. The van der Waals surface area contributed by atoms with E-state index < -0.39 is 11.6 Å². The number of hydrogen-bond acceptors (Lipinski definition) is 4. The molecule has 1 heterocycles. The first kappa shape index (κ1) is 8.18. The van der Waals surface area contributed by atoms with Crippen LogP contribution in [0.3, 0.4) is 0 Å². The van der Waals surface area contributed by atoms with Crippen LogP contribution in [0.5, 0.6) is 0 Å². The van der Waals surface area contributed by atoms with Gasteiger partial charge in [-0.3, -0.25) is 0 Å². The number of nitrogens with zero attached hydrogens (tertiary/aromatic N) is 1. The van der Waals surface area contributed by atoms with Crippen LogP contribution >= 0.6 is 11.3 Å². The molecule has 0 aliphatic heterocycles. The lowest BCUT2D eigenvalue weighted by Crippen LogP contribution is -1.93. The van der Waals surface area contributed by atoms with Crippen LogP contribution in [0.25, 0.3) is 10.2 Å². The third kappa shape index (κ3) is 1.10. The summed E-state index contributed by atoms with van der Waals surface area (Å²) in [6.45, 7) is 0. The largest absolute Gasteiger partial charge is 0.395 e. The Bertz CT molecular complexity index is 480. The summed E-state index contributed by atoms with van der Waals surface area (Å²) >= 11 is 0.947. The Morgan fingerprint density at radius 2 is 1.92 bits per heavy atom. The lowest BCUT2D eigenvalue weighted by atomic mass is 10.3. The maximum Gasteiger partial charge on any atom is 0.181 e. The van der Waals surface area contributed by atoms with Crippen molar-refractivity contribution in [3.8, 4) is 0 Å². The second-order valence-electron chi connectivity index (χ2n) is 2.48. The summed E-state index contributed by atoms with van der Waals surface area (Å²) in [7, 11) is 0. The second-order valence-corrected chi connectivity index (χ2v) is 3.51. The Morgan fingerprint density at radius 3 is 2.62 bits per heavy atom. The highest BCUT2D eigenvalue weighted by Crippen LogP contribution is 2.31. The molecule has 2 rings (SSSR count). The van der Waals surface area contributed by atoms with Crippen molar-refractivity contribution >= 4 is 32.4 Å². The lowest BCUT2D eigenvalue weighted by Gasteiger charge is -1.97. The second kappa shape index (κ2) is 2.53. The number of aromatic nitrogens is 1. The van der Waals surface area contributed by atoms with Gasteiger partial charge < -0.3 is 11.5 Å². The van der Waals surface area contributed by atoms with Crippen molar-refractivity contribution in [1.82, 2.24) is 4.98 Å². The summed E-state index contributed by atoms with van der Waals surface area (Å²) in [6.07, 6.45) is 0. The predicted octanol–water partition coefficient (Wildman–Crippen LogP) is 1.74. The highest BCUT2D eigenvalue weighted by Gasteiger charge is 2.13. The molecule has 1 aromatic carbocycles. The first-order valence-electron chi connectivity index (χ1n) is 3.39. The number of halogens is 2. The van der Waals surface area contributed by atoms with E-state index >= 15 is 0 Å². The van der Waals surface area contributed by atoms with Crippen LogP contribution in [-0.4, -0.2) is 4.98 Å². The van der Waals surface area contributed by atoms with E-state index in [0.29, 0.717) is 0 Å². The molecular weight excluding hydrogens is 196 g/mol. The van der Waals surface area contributed by atoms with Gasteiger partial charge in [-0.1, -0.05) is 11.3 Å². The molecule has 0 amide bonds. The maximum absolute atomic E-state index is 13.1. The van der Waals surface area contributed by atoms with Gasteiger partial charge in [-0.05, 0) is 0 Å². The summed E-state index contributed by atoms with van der Waals surface area (Å²) < 4.78 is 26.1. The van der Waals surface area contributed by atoms with Crippen molar-refractivity contribution in [2.45, 2.75) is 0 Å². The molecule has 0 fully saturated rings. The molecule has 6 heteroatoms. The van der Waals surface area contributed by atoms with Crippen molar-refractivity contribution in [2.24, 2.45) is 0 Å². The molecule has 0 saturated carbocycles. The number of nitrogen functional groups attached to an aromatic ring is 2. The molecule has 0 aliphatic rings. The van der Waals surface area contributed by atoms with E-state index in [1.807, 2.05) is 0 Å². The fourth-order valence-electron chi connectivity index (χ4n) is 1.05. The van der Waals surface area contributed by atoms with Crippen molar-refractivity contribution in [3.63, 3.8) is 0 Å². The number of hydrogen-bond donors (Lipinski definition) is 2. The Kier molecular flexibility index (Phi) is 1.59. The molecule has 0 aliphatic carbocycles. The minimum atomic E-state index is -0.810. The van der Waals surface area contributed by atoms with Gasteiger partial charge in [-0.2, -0.15) is 0 Å². The average molecular weight is 201 g/mol. The highest BCUT2D eigenvalue weighted by atomic mass is 32.1. The van der Waals surface area contributed by atoms with Crippen LogP contribution < -0.4 is 11.5 Å². The van der Waals surface area contributed by atoms with Gasteiger partial charge in [0.1, 0.15) is 11.3 Å². The lowest BCUT2D eigenvalue weighted by molar-refractivity contribution is 0.596. The smallest absolute Gasteiger partial charge is 0.181 e. The number of fused-ring (bicyclic) bond motifs is 1. The minimum Gasteiger partial charge on any atom is -0.395 e. The van der Waals surface area contributed by atoms with Gasteiger partial charge in [0.05, 0.1) is 10.4 Å². The van der Waals surface area contributed by atoms with Gasteiger partial charge in [-0.25, -0.2) is 13.8 Å². The van der Waals surface area contributed by atoms with E-state index in [1.165, 1.54) is 0 Å². The van der Waals surface area contributed by atoms with Crippen LogP contribution in [0.4, 0.5) is 19.6 Å². The standard InChI is InChI=1S/C7H5F2N3S/c8-2-1-3(9)6-5(4(2)10)12-7(11)13-6/h1H,10H2,(H2,11,12). The Balaban J connectivity index is 2.95.